The van der Waals surface area contributed by atoms with Crippen molar-refractivity contribution in [3.05, 3.63) is 35.9 Å². The predicted molar refractivity (Wildman–Crippen MR) is 73.6 cm³/mol. The molecule has 1 aromatic rings. The molecule has 0 amide bonds. The van der Waals surface area contributed by atoms with Gasteiger partial charge in [0, 0.05) is 6.42 Å². The lowest BCUT2D eigenvalue weighted by atomic mass is 10.1. The number of carbonyl (C=O) groups excluding carboxylic acids is 1. The van der Waals surface area contributed by atoms with Crippen molar-refractivity contribution in [1.29, 1.82) is 0 Å². The second-order valence-corrected chi connectivity index (χ2v) is 5.93. The molecule has 0 aliphatic rings. The van der Waals surface area contributed by atoms with Crippen molar-refractivity contribution in [3.63, 3.8) is 0 Å². The number of unbranched alkanes of at least 4 members (excludes halogenated alkanes) is 1. The van der Waals surface area contributed by atoms with Crippen LogP contribution in [0.3, 0.4) is 0 Å². The van der Waals surface area contributed by atoms with Crippen LogP contribution in [0.25, 0.3) is 0 Å². The molecule has 0 atom stereocenters. The molecule has 0 fully saturated rings. The first-order valence-corrected chi connectivity index (χ1v) is 8.00. The van der Waals surface area contributed by atoms with Crippen LogP contribution in [0.5, 0.6) is 0 Å². The zero-order chi connectivity index (χ0) is 16.3. The molecule has 0 aliphatic carbocycles. The number of aryl methyl sites for hydroxylation is 1. The summed E-state index contributed by atoms with van der Waals surface area (Å²) in [5, 5.41) is 17.8. The van der Waals surface area contributed by atoms with Crippen LogP contribution >= 0.6 is 7.60 Å². The molecule has 0 heterocycles. The van der Waals surface area contributed by atoms with E-state index in [0.29, 0.717) is 0 Å². The predicted octanol–water partition coefficient (Wildman–Crippen LogP) is 0.398. The minimum absolute atomic E-state index is 0.285. The molecule has 0 spiro atoms. The quantitative estimate of drug-likeness (QED) is 0.489. The maximum absolute atomic E-state index is 10.2. The van der Waals surface area contributed by atoms with Gasteiger partial charge in [-0.15, -0.1) is 0 Å². The van der Waals surface area contributed by atoms with Gasteiger partial charge < -0.3 is 24.8 Å². The van der Waals surface area contributed by atoms with Crippen LogP contribution in [0.15, 0.2) is 30.3 Å². The highest BCUT2D eigenvalue weighted by molar-refractivity contribution is 7.52. The molecular weight excluding hydrogens is 299 g/mol. The summed E-state index contributed by atoms with van der Waals surface area (Å²) in [5.41, 5.74) is 1.29. The summed E-state index contributed by atoms with van der Waals surface area (Å²) in [6.07, 6.45) is 1.79. The van der Waals surface area contributed by atoms with Gasteiger partial charge in [0.15, 0.2) is 0 Å². The summed E-state index contributed by atoms with van der Waals surface area (Å²) in [4.78, 5) is 35.4. The van der Waals surface area contributed by atoms with Gasteiger partial charge in [-0.1, -0.05) is 30.3 Å². The number of carboxylic acids is 2. The maximum atomic E-state index is 10.2. The highest BCUT2D eigenvalue weighted by Crippen LogP contribution is 2.32. The van der Waals surface area contributed by atoms with Gasteiger partial charge >= 0.3 is 13.6 Å². The van der Waals surface area contributed by atoms with E-state index in [1.54, 1.807) is 0 Å². The first kappa shape index (κ1) is 19.3. The summed E-state index contributed by atoms with van der Waals surface area (Å²) < 4.78 is 9.72. The van der Waals surface area contributed by atoms with Crippen LogP contribution in [0.4, 0.5) is 0 Å². The Morgan fingerprint density at radius 3 is 2.05 bits per heavy atom. The summed E-state index contributed by atoms with van der Waals surface area (Å²) in [5.74, 6) is -2.44. The highest BCUT2D eigenvalue weighted by Gasteiger charge is 2.11. The van der Waals surface area contributed by atoms with Gasteiger partial charge in [0.25, 0.3) is 0 Å². The minimum Gasteiger partial charge on any atom is -0.549 e. The fourth-order valence-electron chi connectivity index (χ4n) is 1.42. The zero-order valence-electron chi connectivity index (χ0n) is 11.3. The molecule has 3 N–H and O–H groups in total. The van der Waals surface area contributed by atoms with E-state index in [4.69, 9.17) is 14.9 Å². The number of benzene rings is 1. The van der Waals surface area contributed by atoms with Crippen molar-refractivity contribution in [2.75, 3.05) is 6.16 Å². The van der Waals surface area contributed by atoms with E-state index >= 15 is 0 Å². The van der Waals surface area contributed by atoms with E-state index in [9.17, 15) is 19.3 Å². The highest BCUT2D eigenvalue weighted by atomic mass is 31.2. The van der Waals surface area contributed by atoms with Crippen LogP contribution in [0.1, 0.15) is 24.8 Å². The summed E-state index contributed by atoms with van der Waals surface area (Å²) >= 11 is 0. The molecule has 1 rings (SSSR count). The van der Waals surface area contributed by atoms with Gasteiger partial charge in [0.2, 0.25) is 0 Å². The number of aliphatic carboxylic acids is 2. The number of hydrogen-bond acceptors (Lipinski definition) is 4. The van der Waals surface area contributed by atoms with Crippen LogP contribution in [0, 0.1) is 0 Å². The second-order valence-electron chi connectivity index (χ2n) is 4.28. The summed E-state index contributed by atoms with van der Waals surface area (Å²) in [7, 11) is -4.38. The van der Waals surface area contributed by atoms with Crippen LogP contribution < -0.4 is 5.11 Å². The van der Waals surface area contributed by atoms with E-state index in [0.717, 1.165) is 19.3 Å². The fraction of sp³-hybridized carbons (Fsp3) is 0.385. The lowest BCUT2D eigenvalue weighted by molar-refractivity contribution is -0.301. The topological polar surface area (TPSA) is 135 Å². The SMILES string of the molecule is O=C(O)CCCCc1ccccc1.O=C([O-])CP(=O)(O)O. The lowest BCUT2D eigenvalue weighted by Crippen LogP contribution is -2.25. The van der Waals surface area contributed by atoms with Crippen molar-refractivity contribution in [3.8, 4) is 0 Å². The molecular formula is C13H18O7P-. The van der Waals surface area contributed by atoms with E-state index in [2.05, 4.69) is 12.1 Å². The first-order valence-electron chi connectivity index (χ1n) is 6.21. The van der Waals surface area contributed by atoms with Gasteiger partial charge in [-0.25, -0.2) is 0 Å². The Morgan fingerprint density at radius 2 is 1.67 bits per heavy atom. The smallest absolute Gasteiger partial charge is 0.331 e. The molecule has 0 saturated carbocycles. The Morgan fingerprint density at radius 1 is 1.10 bits per heavy atom. The van der Waals surface area contributed by atoms with Crippen molar-refractivity contribution in [2.45, 2.75) is 25.7 Å². The van der Waals surface area contributed by atoms with E-state index in [1.807, 2.05) is 18.2 Å². The Bertz CT molecular complexity index is 481. The third-order valence-corrected chi connectivity index (χ3v) is 2.95. The van der Waals surface area contributed by atoms with Crippen molar-refractivity contribution < 1.29 is 34.2 Å². The minimum atomic E-state index is -4.38. The molecule has 0 aliphatic heterocycles. The number of carbonyl (C=O) groups is 2. The standard InChI is InChI=1S/C11H14O2.C2H5O5P/c12-11(13)9-5-4-8-10-6-2-1-3-7-10;3-2(4)1-8(5,6)7/h1-3,6-7H,4-5,8-9H2,(H,12,13);1H2,(H,3,4)(H2,5,6,7)/p-1. The average molecular weight is 317 g/mol. The van der Waals surface area contributed by atoms with Crippen LogP contribution in [-0.4, -0.2) is 33.0 Å². The monoisotopic (exact) mass is 317 g/mol. The Hall–Kier alpha value is -1.69. The number of carboxylic acid groups (broad SMARTS) is 2. The Balaban J connectivity index is 0.000000433. The number of rotatable bonds is 7. The molecule has 0 radical (unpaired) electrons. The molecule has 1 aromatic carbocycles. The van der Waals surface area contributed by atoms with Gasteiger partial charge in [-0.2, -0.15) is 0 Å². The van der Waals surface area contributed by atoms with Gasteiger partial charge in [-0.05, 0) is 24.8 Å². The molecule has 8 heteroatoms. The summed E-state index contributed by atoms with van der Waals surface area (Å²) in [6, 6.07) is 10.1. The first-order chi connectivity index (χ1) is 9.70. The van der Waals surface area contributed by atoms with Gasteiger partial charge in [0.05, 0.1) is 12.1 Å². The van der Waals surface area contributed by atoms with Crippen LogP contribution in [-0.2, 0) is 20.6 Å². The summed E-state index contributed by atoms with van der Waals surface area (Å²) in [6.45, 7) is 0. The lowest BCUT2D eigenvalue weighted by Gasteiger charge is -2.01. The average Bonchev–Trinajstić information content (AvgIpc) is 2.33. The van der Waals surface area contributed by atoms with E-state index in [-0.39, 0.29) is 6.42 Å². The molecule has 21 heavy (non-hydrogen) atoms. The van der Waals surface area contributed by atoms with E-state index < -0.39 is 25.7 Å². The largest absolute Gasteiger partial charge is 0.549 e. The van der Waals surface area contributed by atoms with Gasteiger partial charge in [0.1, 0.15) is 0 Å². The molecule has 0 saturated heterocycles. The normalized spacial score (nSPS) is 10.4. The molecule has 0 bridgehead atoms. The Labute approximate surface area is 122 Å². The van der Waals surface area contributed by atoms with Crippen molar-refractivity contribution in [1.82, 2.24) is 0 Å². The third kappa shape index (κ3) is 14.5. The third-order valence-electron chi connectivity index (χ3n) is 2.28. The van der Waals surface area contributed by atoms with Gasteiger partial charge in [-0.3, -0.25) is 9.36 Å². The fourth-order valence-corrected chi connectivity index (χ4v) is 1.75. The molecule has 0 aromatic heterocycles. The number of hydrogen-bond donors (Lipinski definition) is 3. The zero-order valence-corrected chi connectivity index (χ0v) is 12.2. The molecule has 118 valence electrons. The molecule has 7 nitrogen and oxygen atoms in total. The van der Waals surface area contributed by atoms with Crippen LogP contribution in [0.2, 0.25) is 0 Å². The van der Waals surface area contributed by atoms with Crippen molar-refractivity contribution >= 4 is 19.5 Å². The maximum Gasteiger partial charge on any atom is 0.331 e. The second kappa shape index (κ2) is 10.1. The van der Waals surface area contributed by atoms with Crippen molar-refractivity contribution in [2.24, 2.45) is 0 Å². The Kier molecular flexibility index (Phi) is 9.28. The van der Waals surface area contributed by atoms with E-state index in [1.165, 1.54) is 5.56 Å². The molecule has 0 unspecified atom stereocenters.